The van der Waals surface area contributed by atoms with Crippen LogP contribution in [0.2, 0.25) is 0 Å². The average Bonchev–Trinajstić information content (AvgIpc) is 3.04. The Kier molecular flexibility index (Phi) is 7.75. The summed E-state index contributed by atoms with van der Waals surface area (Å²) in [4.78, 5) is 58.1. The third kappa shape index (κ3) is 3.49. The normalized spacial score (nSPS) is 21.2. The van der Waals surface area contributed by atoms with Crippen LogP contribution in [0.4, 0.5) is 9.59 Å². The monoisotopic (exact) mass is 536 g/mol. The van der Waals surface area contributed by atoms with Crippen molar-refractivity contribution in [2.75, 3.05) is 30.4 Å². The lowest BCUT2D eigenvalue weighted by Crippen LogP contribution is -2.58. The van der Waals surface area contributed by atoms with E-state index in [0.717, 1.165) is 0 Å². The summed E-state index contributed by atoms with van der Waals surface area (Å²) in [5, 5.41) is 0.964. The molecular formula is C19H30Br2N4O4. The number of hydrogen-bond donors (Lipinski definition) is 0. The molecule has 0 aromatic heterocycles. The standard InChI is InChI=1S/C19H30Br2N4O4/c1-5-18(6-2)14(26)22(11-9-20)16(28)24(18)13-25-17(29)23(12-10-21)15(27)19(25,7-3)8-4/h5-13H2,1-4H3. The topological polar surface area (TPSA) is 81.2 Å². The third-order valence-corrected chi connectivity index (χ3v) is 7.19. The number of urea groups is 2. The second kappa shape index (κ2) is 9.32. The van der Waals surface area contributed by atoms with Gasteiger partial charge in [0.15, 0.2) is 0 Å². The van der Waals surface area contributed by atoms with Gasteiger partial charge in [-0.15, -0.1) is 0 Å². The van der Waals surface area contributed by atoms with E-state index in [1.54, 1.807) is 0 Å². The van der Waals surface area contributed by atoms with Gasteiger partial charge < -0.3 is 0 Å². The zero-order valence-electron chi connectivity index (χ0n) is 17.5. The summed E-state index contributed by atoms with van der Waals surface area (Å²) in [6.45, 7) is 7.97. The summed E-state index contributed by atoms with van der Waals surface area (Å²) in [7, 11) is 0. The number of alkyl halides is 2. The maximum absolute atomic E-state index is 13.2. The van der Waals surface area contributed by atoms with Crippen molar-refractivity contribution < 1.29 is 19.2 Å². The number of rotatable bonds is 10. The molecule has 0 aromatic rings. The fourth-order valence-electron chi connectivity index (χ4n) is 4.53. The summed E-state index contributed by atoms with van der Waals surface area (Å²) in [6.07, 6.45) is 1.77. The van der Waals surface area contributed by atoms with Crippen LogP contribution in [0.1, 0.15) is 53.4 Å². The molecule has 29 heavy (non-hydrogen) atoms. The first-order chi connectivity index (χ1) is 13.8. The van der Waals surface area contributed by atoms with Crippen LogP contribution in [-0.4, -0.2) is 85.0 Å². The maximum Gasteiger partial charge on any atom is 0.329 e. The van der Waals surface area contributed by atoms with E-state index >= 15 is 0 Å². The molecule has 2 aliphatic rings. The highest BCUT2D eigenvalue weighted by molar-refractivity contribution is 9.09. The van der Waals surface area contributed by atoms with Gasteiger partial charge in [-0.2, -0.15) is 0 Å². The van der Waals surface area contributed by atoms with Crippen molar-refractivity contribution >= 4 is 55.7 Å². The van der Waals surface area contributed by atoms with Crippen molar-refractivity contribution in [2.24, 2.45) is 0 Å². The number of halogens is 2. The minimum absolute atomic E-state index is 0.0733. The predicted octanol–water partition coefficient (Wildman–Crippen LogP) is 3.38. The second-order valence-corrected chi connectivity index (χ2v) is 8.92. The number of imide groups is 2. The van der Waals surface area contributed by atoms with Crippen LogP contribution in [0.25, 0.3) is 0 Å². The van der Waals surface area contributed by atoms with Gasteiger partial charge in [-0.05, 0) is 25.7 Å². The first kappa shape index (κ1) is 24.1. The molecule has 0 radical (unpaired) electrons. The van der Waals surface area contributed by atoms with E-state index in [2.05, 4.69) is 31.9 Å². The fourth-order valence-corrected chi connectivity index (χ4v) is 5.24. The Morgan fingerprint density at radius 3 is 1.21 bits per heavy atom. The molecule has 2 fully saturated rings. The van der Waals surface area contributed by atoms with Crippen LogP contribution in [0.5, 0.6) is 0 Å². The molecular weight excluding hydrogens is 508 g/mol. The summed E-state index contributed by atoms with van der Waals surface area (Å²) in [5.41, 5.74) is -2.00. The lowest BCUT2D eigenvalue weighted by molar-refractivity contribution is -0.135. The summed E-state index contributed by atoms with van der Waals surface area (Å²) in [5.74, 6) is -0.471. The zero-order valence-corrected chi connectivity index (χ0v) is 20.7. The van der Waals surface area contributed by atoms with Crippen molar-refractivity contribution in [3.8, 4) is 0 Å². The molecule has 0 bridgehead atoms. The Labute approximate surface area is 189 Å². The van der Waals surface area contributed by atoms with Gasteiger partial charge in [0.2, 0.25) is 0 Å². The van der Waals surface area contributed by atoms with Gasteiger partial charge in [-0.25, -0.2) is 9.59 Å². The van der Waals surface area contributed by atoms with Crippen molar-refractivity contribution in [2.45, 2.75) is 64.5 Å². The molecule has 164 valence electrons. The van der Waals surface area contributed by atoms with Gasteiger partial charge in [0.25, 0.3) is 11.8 Å². The average molecular weight is 538 g/mol. The largest absolute Gasteiger partial charge is 0.329 e. The SMILES string of the molecule is CCC1(CC)C(=O)N(CCBr)C(=O)N1CN1C(=O)N(CCBr)C(=O)C1(CC)CC. The molecule has 8 nitrogen and oxygen atoms in total. The molecule has 0 aromatic carbocycles. The van der Waals surface area contributed by atoms with E-state index < -0.39 is 23.1 Å². The number of nitrogens with zero attached hydrogens (tertiary/aromatic N) is 4. The number of amides is 6. The molecule has 2 heterocycles. The minimum atomic E-state index is -1.00. The van der Waals surface area contributed by atoms with Gasteiger partial charge in [-0.1, -0.05) is 59.6 Å². The highest BCUT2D eigenvalue weighted by Gasteiger charge is 2.60. The first-order valence-corrected chi connectivity index (χ1v) is 12.4. The minimum Gasteiger partial charge on any atom is -0.292 e. The molecule has 0 spiro atoms. The third-order valence-electron chi connectivity index (χ3n) is 6.48. The van der Waals surface area contributed by atoms with Gasteiger partial charge in [-0.3, -0.25) is 29.2 Å². The van der Waals surface area contributed by atoms with Crippen molar-refractivity contribution in [1.82, 2.24) is 19.6 Å². The van der Waals surface area contributed by atoms with E-state index in [1.807, 2.05) is 27.7 Å². The molecule has 0 aliphatic carbocycles. The summed E-state index contributed by atoms with van der Waals surface area (Å²) in [6, 6.07) is -0.808. The first-order valence-electron chi connectivity index (χ1n) is 10.1. The molecule has 0 saturated carbocycles. The fraction of sp³-hybridized carbons (Fsp3) is 0.789. The maximum atomic E-state index is 13.2. The Bertz CT molecular complexity index is 623. The van der Waals surface area contributed by atoms with Gasteiger partial charge >= 0.3 is 12.1 Å². The summed E-state index contributed by atoms with van der Waals surface area (Å²) < 4.78 is 0. The number of carbonyl (C=O) groups excluding carboxylic acids is 4. The van der Waals surface area contributed by atoms with Crippen LogP contribution in [0.3, 0.4) is 0 Å². The van der Waals surface area contributed by atoms with Gasteiger partial charge in [0, 0.05) is 23.7 Å². The van der Waals surface area contributed by atoms with E-state index in [9.17, 15) is 19.2 Å². The Balaban J connectivity index is 2.50. The number of hydrogen-bond acceptors (Lipinski definition) is 4. The smallest absolute Gasteiger partial charge is 0.292 e. The van der Waals surface area contributed by atoms with Gasteiger partial charge in [0.1, 0.15) is 17.7 Å². The molecule has 0 unspecified atom stereocenters. The molecule has 6 amide bonds. The quantitative estimate of drug-likeness (QED) is 0.316. The number of carbonyl (C=O) groups is 4. The van der Waals surface area contributed by atoms with Crippen molar-refractivity contribution in [3.63, 3.8) is 0 Å². The van der Waals surface area contributed by atoms with Crippen molar-refractivity contribution in [1.29, 1.82) is 0 Å². The second-order valence-electron chi connectivity index (χ2n) is 7.33. The highest BCUT2D eigenvalue weighted by Crippen LogP contribution is 2.39. The van der Waals surface area contributed by atoms with Gasteiger partial charge in [0.05, 0.1) is 0 Å². The molecule has 10 heteroatoms. The zero-order chi connectivity index (χ0) is 22.0. The molecule has 2 rings (SSSR count). The molecule has 2 aliphatic heterocycles. The van der Waals surface area contributed by atoms with E-state index in [1.165, 1.54) is 19.6 Å². The van der Waals surface area contributed by atoms with E-state index in [0.29, 0.717) is 36.3 Å². The molecule has 0 N–H and O–H groups in total. The lowest BCUT2D eigenvalue weighted by Gasteiger charge is -2.40. The van der Waals surface area contributed by atoms with Crippen molar-refractivity contribution in [3.05, 3.63) is 0 Å². The Morgan fingerprint density at radius 1 is 0.655 bits per heavy atom. The summed E-state index contributed by atoms with van der Waals surface area (Å²) >= 11 is 6.60. The van der Waals surface area contributed by atoms with Crippen LogP contribution in [0.15, 0.2) is 0 Å². The van der Waals surface area contributed by atoms with E-state index in [-0.39, 0.29) is 31.6 Å². The lowest BCUT2D eigenvalue weighted by atomic mass is 9.89. The molecule has 0 atom stereocenters. The Morgan fingerprint density at radius 2 is 0.966 bits per heavy atom. The predicted molar refractivity (Wildman–Crippen MR) is 117 cm³/mol. The highest BCUT2D eigenvalue weighted by atomic mass is 79.9. The molecule has 2 saturated heterocycles. The van der Waals surface area contributed by atoms with Crippen LogP contribution in [-0.2, 0) is 9.59 Å². The van der Waals surface area contributed by atoms with E-state index in [4.69, 9.17) is 0 Å². The van der Waals surface area contributed by atoms with Crippen LogP contribution in [0, 0.1) is 0 Å². The van der Waals surface area contributed by atoms with Crippen LogP contribution >= 0.6 is 31.9 Å². The van der Waals surface area contributed by atoms with Crippen LogP contribution < -0.4 is 0 Å². The Hall–Kier alpha value is -1.16.